The summed E-state index contributed by atoms with van der Waals surface area (Å²) in [4.78, 5) is 11.9. The molecule has 2 rings (SSSR count). The van der Waals surface area contributed by atoms with Crippen LogP contribution < -0.4 is 14.8 Å². The van der Waals surface area contributed by atoms with Crippen LogP contribution in [0.4, 0.5) is 0 Å². The van der Waals surface area contributed by atoms with Crippen LogP contribution in [0.3, 0.4) is 0 Å². The number of rotatable bonds is 7. The van der Waals surface area contributed by atoms with Crippen LogP contribution in [0.15, 0.2) is 23.1 Å². The van der Waals surface area contributed by atoms with E-state index in [1.165, 1.54) is 6.07 Å². The maximum absolute atomic E-state index is 12.3. The van der Waals surface area contributed by atoms with Crippen molar-refractivity contribution in [3.05, 3.63) is 23.8 Å². The zero-order valence-corrected chi connectivity index (χ0v) is 15.5. The largest absolute Gasteiger partial charge is 0.478 e. The van der Waals surface area contributed by atoms with Crippen molar-refractivity contribution in [1.82, 2.24) is 10.0 Å². The zero-order chi connectivity index (χ0) is 17.0. The summed E-state index contributed by atoms with van der Waals surface area (Å²) < 4.78 is 37.6. The molecule has 2 atom stereocenters. The quantitative estimate of drug-likeness (QED) is 0.683. The highest BCUT2D eigenvalue weighted by Crippen LogP contribution is 2.31. The van der Waals surface area contributed by atoms with Gasteiger partial charge in [-0.3, -0.25) is 0 Å². The molecule has 0 amide bonds. The lowest BCUT2D eigenvalue weighted by molar-refractivity contribution is -0.150. The average Bonchev–Trinajstić information content (AvgIpc) is 2.96. The smallest absolute Gasteiger partial charge is 0.347 e. The maximum atomic E-state index is 12.3. The molecule has 7 nitrogen and oxygen atoms in total. The number of likely N-dealkylation sites (N-methyl/N-ethyl adjacent to an activating group) is 1. The van der Waals surface area contributed by atoms with Gasteiger partial charge >= 0.3 is 5.97 Å². The second-order valence-corrected chi connectivity index (χ2v) is 7.14. The van der Waals surface area contributed by atoms with Crippen LogP contribution in [0.1, 0.15) is 19.4 Å². The van der Waals surface area contributed by atoms with E-state index in [0.717, 1.165) is 0 Å². The number of ether oxygens (including phenoxy) is 2. The predicted octanol–water partition coefficient (Wildman–Crippen LogP) is 0.861. The molecule has 0 aliphatic carbocycles. The fourth-order valence-electron chi connectivity index (χ4n) is 2.18. The minimum Gasteiger partial charge on any atom is -0.478 e. The van der Waals surface area contributed by atoms with Crippen LogP contribution >= 0.6 is 12.4 Å². The Morgan fingerprint density at radius 3 is 2.79 bits per heavy atom. The number of hydrogen-bond acceptors (Lipinski definition) is 6. The molecule has 1 aliphatic rings. The van der Waals surface area contributed by atoms with Crippen LogP contribution in [0, 0.1) is 0 Å². The van der Waals surface area contributed by atoms with Gasteiger partial charge in [0.1, 0.15) is 5.75 Å². The number of nitrogens with one attached hydrogen (secondary N) is 2. The van der Waals surface area contributed by atoms with Crippen LogP contribution in [0.2, 0.25) is 0 Å². The van der Waals surface area contributed by atoms with Crippen molar-refractivity contribution in [2.24, 2.45) is 0 Å². The Balaban J connectivity index is 0.00000288. The lowest BCUT2D eigenvalue weighted by atomic mass is 10.1. The van der Waals surface area contributed by atoms with Gasteiger partial charge in [-0.25, -0.2) is 17.9 Å². The van der Waals surface area contributed by atoms with Crippen LogP contribution in [-0.4, -0.2) is 46.7 Å². The highest BCUT2D eigenvalue weighted by atomic mass is 35.5. The highest BCUT2D eigenvalue weighted by Gasteiger charge is 2.31. The summed E-state index contributed by atoms with van der Waals surface area (Å²) in [7, 11) is -1.83. The van der Waals surface area contributed by atoms with Gasteiger partial charge in [0.05, 0.1) is 11.5 Å². The van der Waals surface area contributed by atoms with Crippen molar-refractivity contribution in [2.75, 3.05) is 20.2 Å². The number of carbonyl (C=O) groups excluding carboxylic acids is 1. The molecule has 1 aliphatic heterocycles. The Morgan fingerprint density at radius 1 is 1.46 bits per heavy atom. The standard InChI is InChI=1S/C15H22N2O5S.ClH/c1-4-21-15(18)14-8-11-7-12(5-6-13(11)22-14)23(19,20)17-9-10(2)16-3;/h5-7,10,14,16-17H,4,8-9H2,1-3H3;1H. The van der Waals surface area contributed by atoms with Crippen molar-refractivity contribution in [3.8, 4) is 5.75 Å². The second kappa shape index (κ2) is 8.66. The topological polar surface area (TPSA) is 93.7 Å². The SMILES string of the molecule is CCOC(=O)C1Cc2cc(S(=O)(=O)NCC(C)NC)ccc2O1.Cl. The maximum Gasteiger partial charge on any atom is 0.347 e. The van der Waals surface area contributed by atoms with Gasteiger partial charge in [0.25, 0.3) is 0 Å². The second-order valence-electron chi connectivity index (χ2n) is 5.37. The van der Waals surface area contributed by atoms with Gasteiger partial charge in [-0.1, -0.05) is 0 Å². The number of esters is 1. The van der Waals surface area contributed by atoms with Crippen LogP contribution in [0.5, 0.6) is 5.75 Å². The summed E-state index contributed by atoms with van der Waals surface area (Å²) in [6, 6.07) is 4.61. The number of sulfonamides is 1. The normalized spacial score (nSPS) is 17.4. The van der Waals surface area contributed by atoms with Crippen molar-refractivity contribution in [1.29, 1.82) is 0 Å². The first kappa shape index (κ1) is 20.7. The Hall–Kier alpha value is -1.35. The molecule has 0 fully saturated rings. The van der Waals surface area contributed by atoms with E-state index in [0.29, 0.717) is 17.7 Å². The molecule has 0 bridgehead atoms. The van der Waals surface area contributed by atoms with Gasteiger partial charge in [0.2, 0.25) is 10.0 Å². The molecule has 0 saturated carbocycles. The third-order valence-corrected chi connectivity index (χ3v) is 5.06. The molecule has 0 radical (unpaired) electrons. The number of halogens is 1. The molecule has 2 N–H and O–H groups in total. The van der Waals surface area contributed by atoms with Crippen molar-refractivity contribution in [3.63, 3.8) is 0 Å². The first-order valence-corrected chi connectivity index (χ1v) is 8.98. The van der Waals surface area contributed by atoms with E-state index in [2.05, 4.69) is 10.0 Å². The summed E-state index contributed by atoms with van der Waals surface area (Å²) in [6.07, 6.45) is -0.398. The summed E-state index contributed by atoms with van der Waals surface area (Å²) in [5.74, 6) is 0.0830. The van der Waals surface area contributed by atoms with Crippen LogP contribution in [-0.2, 0) is 26.0 Å². The fraction of sp³-hybridized carbons (Fsp3) is 0.533. The molecule has 1 aromatic carbocycles. The van der Waals surface area contributed by atoms with E-state index >= 15 is 0 Å². The molecular formula is C15H23ClN2O5S. The summed E-state index contributed by atoms with van der Waals surface area (Å²) >= 11 is 0. The minimum atomic E-state index is -3.60. The summed E-state index contributed by atoms with van der Waals surface area (Å²) in [5, 5.41) is 2.96. The molecule has 0 aromatic heterocycles. The first-order chi connectivity index (χ1) is 10.9. The number of fused-ring (bicyclic) bond motifs is 1. The van der Waals surface area contributed by atoms with E-state index in [4.69, 9.17) is 9.47 Å². The monoisotopic (exact) mass is 378 g/mol. The lowest BCUT2D eigenvalue weighted by Crippen LogP contribution is -2.37. The molecular weight excluding hydrogens is 356 g/mol. The summed E-state index contributed by atoms with van der Waals surface area (Å²) in [6.45, 7) is 4.17. The molecule has 0 saturated heterocycles. The molecule has 136 valence electrons. The van der Waals surface area contributed by atoms with Crippen molar-refractivity contribution < 1.29 is 22.7 Å². The van der Waals surface area contributed by atoms with E-state index < -0.39 is 22.1 Å². The van der Waals surface area contributed by atoms with E-state index in [9.17, 15) is 13.2 Å². The summed E-state index contributed by atoms with van der Waals surface area (Å²) in [5.41, 5.74) is 0.688. The van der Waals surface area contributed by atoms with Gasteiger partial charge in [0.15, 0.2) is 6.10 Å². The van der Waals surface area contributed by atoms with Gasteiger partial charge in [-0.15, -0.1) is 12.4 Å². The van der Waals surface area contributed by atoms with E-state index in [-0.39, 0.29) is 36.5 Å². The van der Waals surface area contributed by atoms with Crippen LogP contribution in [0.25, 0.3) is 0 Å². The van der Waals surface area contributed by atoms with Gasteiger partial charge in [0, 0.05) is 19.0 Å². The van der Waals surface area contributed by atoms with Gasteiger partial charge in [-0.2, -0.15) is 0 Å². The number of hydrogen-bond donors (Lipinski definition) is 2. The van der Waals surface area contributed by atoms with E-state index in [1.54, 1.807) is 26.1 Å². The van der Waals surface area contributed by atoms with Gasteiger partial charge < -0.3 is 14.8 Å². The highest BCUT2D eigenvalue weighted by molar-refractivity contribution is 7.89. The Labute approximate surface area is 148 Å². The van der Waals surface area contributed by atoms with Crippen molar-refractivity contribution in [2.45, 2.75) is 37.3 Å². The first-order valence-electron chi connectivity index (χ1n) is 7.50. The Kier molecular flexibility index (Phi) is 7.47. The Bertz CT molecular complexity index is 680. The zero-order valence-electron chi connectivity index (χ0n) is 13.9. The predicted molar refractivity (Wildman–Crippen MR) is 92.2 cm³/mol. The average molecular weight is 379 g/mol. The number of carbonyl (C=O) groups is 1. The molecule has 1 aromatic rings. The van der Waals surface area contributed by atoms with Gasteiger partial charge in [-0.05, 0) is 44.7 Å². The molecule has 0 spiro atoms. The molecule has 2 unspecified atom stereocenters. The lowest BCUT2D eigenvalue weighted by Gasteiger charge is -2.12. The molecule has 9 heteroatoms. The number of benzene rings is 1. The van der Waals surface area contributed by atoms with E-state index in [1.807, 2.05) is 6.92 Å². The molecule has 1 heterocycles. The minimum absolute atomic E-state index is 0. The molecule has 24 heavy (non-hydrogen) atoms. The fourth-order valence-corrected chi connectivity index (χ4v) is 3.36. The van der Waals surface area contributed by atoms with Crippen molar-refractivity contribution >= 4 is 28.4 Å². The third-order valence-electron chi connectivity index (χ3n) is 3.64. The third kappa shape index (κ3) is 4.83. The Morgan fingerprint density at radius 2 is 2.17 bits per heavy atom.